The number of carbonyl (C=O) groups excluding carboxylic acids is 2. The summed E-state index contributed by atoms with van der Waals surface area (Å²) in [5.41, 5.74) is 0.367. The lowest BCUT2D eigenvalue weighted by Gasteiger charge is -2.36. The Morgan fingerprint density at radius 3 is 2.61 bits per heavy atom. The van der Waals surface area contributed by atoms with Crippen LogP contribution in [0.3, 0.4) is 0 Å². The lowest BCUT2D eigenvalue weighted by atomic mass is 9.93. The molecule has 154 valence electrons. The molecule has 7 nitrogen and oxygen atoms in total. The Bertz CT molecular complexity index is 715. The second-order valence-corrected chi connectivity index (χ2v) is 8.08. The molecule has 0 N–H and O–H groups in total. The molecular formula is C20H29N3O4S. The summed E-state index contributed by atoms with van der Waals surface area (Å²) >= 11 is 1.43. The van der Waals surface area contributed by atoms with Crippen LogP contribution >= 0.6 is 11.8 Å². The average Bonchev–Trinajstić information content (AvgIpc) is 3.32. The number of hydrogen-bond donors (Lipinski definition) is 0. The molecule has 0 radical (unpaired) electrons. The van der Waals surface area contributed by atoms with Crippen molar-refractivity contribution in [2.75, 3.05) is 30.9 Å². The number of aromatic nitrogens is 2. The number of esters is 2. The number of hydrogen-bond acceptors (Lipinski definition) is 8. The fourth-order valence-corrected chi connectivity index (χ4v) is 4.83. The largest absolute Gasteiger partial charge is 0.466 e. The van der Waals surface area contributed by atoms with Crippen molar-refractivity contribution in [2.45, 2.75) is 57.1 Å². The van der Waals surface area contributed by atoms with Gasteiger partial charge in [0.15, 0.2) is 5.16 Å². The molecule has 28 heavy (non-hydrogen) atoms. The van der Waals surface area contributed by atoms with Gasteiger partial charge in [-0.1, -0.05) is 18.2 Å². The summed E-state index contributed by atoms with van der Waals surface area (Å²) in [7, 11) is 0. The Morgan fingerprint density at radius 1 is 1.21 bits per heavy atom. The molecule has 0 aliphatic heterocycles. The zero-order valence-electron chi connectivity index (χ0n) is 16.8. The molecule has 2 aliphatic rings. The second kappa shape index (κ2) is 9.58. The van der Waals surface area contributed by atoms with Gasteiger partial charge in [-0.25, -0.2) is 14.8 Å². The van der Waals surface area contributed by atoms with E-state index < -0.39 is 5.97 Å². The highest BCUT2D eigenvalue weighted by atomic mass is 32.2. The molecule has 1 aromatic heterocycles. The van der Waals surface area contributed by atoms with Crippen molar-refractivity contribution < 1.29 is 19.1 Å². The fourth-order valence-electron chi connectivity index (χ4n) is 4.49. The van der Waals surface area contributed by atoms with E-state index in [1.807, 2.05) is 6.26 Å². The van der Waals surface area contributed by atoms with E-state index in [0.29, 0.717) is 42.2 Å². The monoisotopic (exact) mass is 407 g/mol. The third-order valence-electron chi connectivity index (χ3n) is 5.66. The van der Waals surface area contributed by atoms with Crippen molar-refractivity contribution in [3.8, 4) is 0 Å². The van der Waals surface area contributed by atoms with Crippen molar-refractivity contribution in [2.24, 2.45) is 11.8 Å². The lowest BCUT2D eigenvalue weighted by molar-refractivity contribution is -0.142. The molecule has 0 saturated heterocycles. The number of rotatable bonds is 9. The molecule has 0 spiro atoms. The van der Waals surface area contributed by atoms with Gasteiger partial charge in [-0.05, 0) is 51.2 Å². The minimum Gasteiger partial charge on any atom is -0.466 e. The summed E-state index contributed by atoms with van der Waals surface area (Å²) in [6.45, 7) is 4.72. The first-order valence-corrected chi connectivity index (χ1v) is 11.3. The quantitative estimate of drug-likeness (QED) is 0.350. The number of carbonyl (C=O) groups is 2. The summed E-state index contributed by atoms with van der Waals surface area (Å²) in [5.74, 6) is 1.24. The van der Waals surface area contributed by atoms with Gasteiger partial charge in [0.1, 0.15) is 11.4 Å². The van der Waals surface area contributed by atoms with E-state index in [1.165, 1.54) is 31.0 Å². The average molecular weight is 408 g/mol. The number of thioether (sulfide) groups is 1. The number of ether oxygens (including phenoxy) is 2. The Labute approximate surface area is 170 Å². The maximum absolute atomic E-state index is 12.6. The summed E-state index contributed by atoms with van der Waals surface area (Å²) in [4.78, 5) is 35.7. The van der Waals surface area contributed by atoms with Gasteiger partial charge >= 0.3 is 11.9 Å². The minimum atomic E-state index is -0.422. The minimum absolute atomic E-state index is 0.229. The van der Waals surface area contributed by atoms with E-state index in [4.69, 9.17) is 9.47 Å². The van der Waals surface area contributed by atoms with E-state index in [2.05, 4.69) is 14.9 Å². The van der Waals surface area contributed by atoms with Crippen LogP contribution in [-0.2, 0) is 14.3 Å². The molecule has 3 atom stereocenters. The zero-order chi connectivity index (χ0) is 20.1. The van der Waals surface area contributed by atoms with Gasteiger partial charge in [0, 0.05) is 18.8 Å². The Kier molecular flexibility index (Phi) is 7.15. The predicted octanol–water partition coefficient (Wildman–Crippen LogP) is 3.32. The van der Waals surface area contributed by atoms with Gasteiger partial charge in [-0.2, -0.15) is 0 Å². The molecule has 2 saturated carbocycles. The molecule has 3 unspecified atom stereocenters. The Balaban J connectivity index is 1.93. The number of anilines is 1. The maximum Gasteiger partial charge on any atom is 0.343 e. The fraction of sp³-hybridized carbons (Fsp3) is 0.700. The van der Waals surface area contributed by atoms with E-state index in [9.17, 15) is 9.59 Å². The van der Waals surface area contributed by atoms with Crippen LogP contribution in [0, 0.1) is 11.8 Å². The smallest absolute Gasteiger partial charge is 0.343 e. The van der Waals surface area contributed by atoms with Crippen molar-refractivity contribution in [3.05, 3.63) is 11.8 Å². The summed E-state index contributed by atoms with van der Waals surface area (Å²) in [6, 6.07) is 0.283. The van der Waals surface area contributed by atoms with Gasteiger partial charge in [0.25, 0.3) is 0 Å². The van der Waals surface area contributed by atoms with Gasteiger partial charge in [0.05, 0.1) is 19.6 Å². The topological polar surface area (TPSA) is 81.6 Å². The molecular weight excluding hydrogens is 378 g/mol. The van der Waals surface area contributed by atoms with Crippen LogP contribution in [0.15, 0.2) is 11.4 Å². The highest BCUT2D eigenvalue weighted by Gasteiger charge is 2.43. The van der Waals surface area contributed by atoms with Crippen LogP contribution in [-0.4, -0.2) is 54.0 Å². The zero-order valence-corrected chi connectivity index (χ0v) is 17.7. The standard InChI is InChI=1S/C20H29N3O4S/c1-4-26-17(24)8-9-23(16-11-13-6-7-14(16)10-13)18-15(19(25)27-5-2)12-21-20(22-18)28-3/h12-14,16H,4-11H2,1-3H3. The third kappa shape index (κ3) is 4.59. The van der Waals surface area contributed by atoms with Crippen molar-refractivity contribution in [1.29, 1.82) is 0 Å². The lowest BCUT2D eigenvalue weighted by Crippen LogP contribution is -2.42. The van der Waals surface area contributed by atoms with Crippen molar-refractivity contribution >= 4 is 29.5 Å². The van der Waals surface area contributed by atoms with Crippen LogP contribution in [0.1, 0.15) is 56.3 Å². The van der Waals surface area contributed by atoms with E-state index in [0.717, 1.165) is 12.3 Å². The highest BCUT2D eigenvalue weighted by Crippen LogP contribution is 2.47. The first-order valence-electron chi connectivity index (χ1n) is 10.1. The highest BCUT2D eigenvalue weighted by molar-refractivity contribution is 7.98. The molecule has 8 heteroatoms. The number of fused-ring (bicyclic) bond motifs is 2. The van der Waals surface area contributed by atoms with E-state index in [1.54, 1.807) is 20.0 Å². The van der Waals surface area contributed by atoms with Crippen molar-refractivity contribution in [1.82, 2.24) is 9.97 Å². The molecule has 2 fully saturated rings. The van der Waals surface area contributed by atoms with Crippen LogP contribution in [0.25, 0.3) is 0 Å². The van der Waals surface area contributed by atoms with Crippen molar-refractivity contribution in [3.63, 3.8) is 0 Å². The first-order chi connectivity index (χ1) is 13.6. The van der Waals surface area contributed by atoms with Gasteiger partial charge in [-0.3, -0.25) is 4.79 Å². The van der Waals surface area contributed by atoms with Gasteiger partial charge in [-0.15, -0.1) is 0 Å². The normalized spacial score (nSPS) is 22.9. The second-order valence-electron chi connectivity index (χ2n) is 7.31. The Morgan fingerprint density at radius 2 is 2.00 bits per heavy atom. The molecule has 2 bridgehead atoms. The number of nitrogens with zero attached hydrogens (tertiary/aromatic N) is 3. The van der Waals surface area contributed by atoms with Gasteiger partial charge in [0.2, 0.25) is 0 Å². The maximum atomic E-state index is 12.6. The SMILES string of the molecule is CCOC(=O)CCN(c1nc(SC)ncc1C(=O)OCC)C1CC2CCC1C2. The summed E-state index contributed by atoms with van der Waals surface area (Å²) in [5, 5.41) is 0.604. The van der Waals surface area contributed by atoms with E-state index in [-0.39, 0.29) is 18.4 Å². The van der Waals surface area contributed by atoms with Gasteiger partial charge < -0.3 is 14.4 Å². The molecule has 1 aromatic rings. The first kappa shape index (κ1) is 20.9. The molecule has 0 amide bonds. The van der Waals surface area contributed by atoms with Crippen LogP contribution in [0.5, 0.6) is 0 Å². The summed E-state index contributed by atoms with van der Waals surface area (Å²) in [6.07, 6.45) is 8.49. The molecule has 0 aromatic carbocycles. The molecule has 1 heterocycles. The summed E-state index contributed by atoms with van der Waals surface area (Å²) < 4.78 is 10.4. The van der Waals surface area contributed by atoms with Crippen LogP contribution in [0.4, 0.5) is 5.82 Å². The molecule has 3 rings (SSSR count). The third-order valence-corrected chi connectivity index (χ3v) is 6.22. The predicted molar refractivity (Wildman–Crippen MR) is 108 cm³/mol. The van der Waals surface area contributed by atoms with E-state index >= 15 is 0 Å². The van der Waals surface area contributed by atoms with Crippen LogP contribution in [0.2, 0.25) is 0 Å². The van der Waals surface area contributed by atoms with Crippen LogP contribution < -0.4 is 4.90 Å². The Hall–Kier alpha value is -1.83. The molecule has 2 aliphatic carbocycles.